The zero-order valence-electron chi connectivity index (χ0n) is 13.9. The molecule has 134 valence electrons. The second-order valence-corrected chi connectivity index (χ2v) is 6.67. The number of nitrogens with zero attached hydrogens (tertiary/aromatic N) is 2. The highest BCUT2D eigenvalue weighted by Gasteiger charge is 2.19. The van der Waals surface area contributed by atoms with Crippen molar-refractivity contribution in [1.29, 1.82) is 0 Å². The summed E-state index contributed by atoms with van der Waals surface area (Å²) in [6.45, 7) is 2.32. The summed E-state index contributed by atoms with van der Waals surface area (Å²) in [6, 6.07) is 9.34. The van der Waals surface area contributed by atoms with E-state index < -0.39 is 11.9 Å². The molecule has 2 aromatic carbocycles. The van der Waals surface area contributed by atoms with Crippen LogP contribution in [0.1, 0.15) is 34.5 Å². The predicted octanol–water partition coefficient (Wildman–Crippen LogP) is 4.87. The molecule has 0 aliphatic heterocycles. The van der Waals surface area contributed by atoms with E-state index in [-0.39, 0.29) is 10.9 Å². The molecule has 7 heteroatoms. The van der Waals surface area contributed by atoms with E-state index in [1.165, 1.54) is 12.1 Å². The topological polar surface area (TPSA) is 46.9 Å². The van der Waals surface area contributed by atoms with Crippen molar-refractivity contribution in [3.05, 3.63) is 87.7 Å². The van der Waals surface area contributed by atoms with Crippen molar-refractivity contribution in [3.63, 3.8) is 0 Å². The third-order valence-electron chi connectivity index (χ3n) is 3.97. The van der Waals surface area contributed by atoms with Crippen LogP contribution in [0.4, 0.5) is 4.39 Å². The highest BCUT2D eigenvalue weighted by Crippen LogP contribution is 2.32. The maximum absolute atomic E-state index is 13.7. The number of carbonyl (C=O) groups excluding carboxylic acids is 1. The Labute approximate surface area is 160 Å². The summed E-state index contributed by atoms with van der Waals surface area (Å²) in [7, 11) is 0. The van der Waals surface area contributed by atoms with Crippen LogP contribution in [0, 0.1) is 5.82 Å². The molecule has 0 aliphatic rings. The van der Waals surface area contributed by atoms with Crippen molar-refractivity contribution in [2.24, 2.45) is 0 Å². The first-order valence-electron chi connectivity index (χ1n) is 7.94. The third kappa shape index (κ3) is 4.06. The fourth-order valence-corrected chi connectivity index (χ4v) is 3.39. The van der Waals surface area contributed by atoms with E-state index in [1.807, 2.05) is 22.9 Å². The molecule has 3 rings (SSSR count). The summed E-state index contributed by atoms with van der Waals surface area (Å²) in [4.78, 5) is 16.6. The van der Waals surface area contributed by atoms with Crippen molar-refractivity contribution in [1.82, 2.24) is 14.9 Å². The molecule has 3 aromatic rings. The highest BCUT2D eigenvalue weighted by molar-refractivity contribution is 6.36. The van der Waals surface area contributed by atoms with Crippen LogP contribution in [0.15, 0.2) is 55.1 Å². The summed E-state index contributed by atoms with van der Waals surface area (Å²) in [5.74, 6) is -0.865. The van der Waals surface area contributed by atoms with E-state index in [9.17, 15) is 9.18 Å². The molecule has 1 heterocycles. The molecule has 0 saturated carbocycles. The molecule has 0 spiro atoms. The van der Waals surface area contributed by atoms with Crippen LogP contribution in [-0.4, -0.2) is 15.5 Å². The quantitative estimate of drug-likeness (QED) is 0.630. The normalized spacial score (nSPS) is 12.0. The maximum atomic E-state index is 13.7. The third-order valence-corrected chi connectivity index (χ3v) is 4.69. The number of halogens is 3. The van der Waals surface area contributed by atoms with E-state index in [4.69, 9.17) is 23.2 Å². The molecule has 1 unspecified atom stereocenters. The van der Waals surface area contributed by atoms with Crippen LogP contribution >= 0.6 is 23.2 Å². The number of aromatic nitrogens is 2. The largest absolute Gasteiger partial charge is 0.345 e. The minimum atomic E-state index is -0.575. The summed E-state index contributed by atoms with van der Waals surface area (Å²) in [5.41, 5.74) is 1.82. The number of imidazole rings is 1. The van der Waals surface area contributed by atoms with Gasteiger partial charge in [0.1, 0.15) is 5.82 Å². The standard InChI is InChI=1S/C19H16Cl2FN3O/c1-12(17-15(20)5-6-16(22)18(17)21)24-19(26)14-4-2-3-13(9-14)10-25-8-7-23-11-25/h2-9,11-12H,10H2,1H3,(H,24,26). The van der Waals surface area contributed by atoms with Gasteiger partial charge in [-0.25, -0.2) is 9.37 Å². The summed E-state index contributed by atoms with van der Waals surface area (Å²) in [5, 5.41) is 3.03. The molecular weight excluding hydrogens is 376 g/mol. The number of amides is 1. The van der Waals surface area contributed by atoms with Crippen molar-refractivity contribution in [3.8, 4) is 0 Å². The lowest BCUT2D eigenvalue weighted by atomic mass is 10.1. The zero-order valence-corrected chi connectivity index (χ0v) is 15.4. The summed E-state index contributed by atoms with van der Waals surface area (Å²) < 4.78 is 15.6. The summed E-state index contributed by atoms with van der Waals surface area (Å²) >= 11 is 12.1. The fourth-order valence-electron chi connectivity index (χ4n) is 2.69. The number of hydrogen-bond donors (Lipinski definition) is 1. The SMILES string of the molecule is CC(NC(=O)c1cccc(Cn2ccnc2)c1)c1c(Cl)ccc(F)c1Cl. The Hall–Kier alpha value is -2.37. The minimum Gasteiger partial charge on any atom is -0.345 e. The average molecular weight is 392 g/mol. The van der Waals surface area contributed by atoms with Crippen molar-refractivity contribution >= 4 is 29.1 Å². The Balaban J connectivity index is 1.77. The van der Waals surface area contributed by atoms with Crippen LogP contribution in [0.2, 0.25) is 10.0 Å². The van der Waals surface area contributed by atoms with Gasteiger partial charge in [0, 0.05) is 35.1 Å². The molecule has 1 aromatic heterocycles. The number of benzene rings is 2. The molecule has 0 bridgehead atoms. The Morgan fingerprint density at radius 2 is 2.12 bits per heavy atom. The molecule has 26 heavy (non-hydrogen) atoms. The molecule has 1 atom stereocenters. The van der Waals surface area contributed by atoms with Crippen LogP contribution in [0.25, 0.3) is 0 Å². The van der Waals surface area contributed by atoms with Gasteiger partial charge in [-0.15, -0.1) is 0 Å². The Morgan fingerprint density at radius 3 is 2.85 bits per heavy atom. The van der Waals surface area contributed by atoms with E-state index in [0.29, 0.717) is 22.7 Å². The van der Waals surface area contributed by atoms with Gasteiger partial charge in [-0.05, 0) is 36.8 Å². The molecule has 4 nitrogen and oxygen atoms in total. The lowest BCUT2D eigenvalue weighted by Gasteiger charge is -2.18. The Bertz CT molecular complexity index is 929. The van der Waals surface area contributed by atoms with Gasteiger partial charge >= 0.3 is 0 Å². The molecule has 1 N–H and O–H groups in total. The van der Waals surface area contributed by atoms with Gasteiger partial charge in [0.15, 0.2) is 0 Å². The van der Waals surface area contributed by atoms with Gasteiger partial charge in [-0.1, -0.05) is 35.3 Å². The zero-order chi connectivity index (χ0) is 18.7. The minimum absolute atomic E-state index is 0.0841. The van der Waals surface area contributed by atoms with Crippen LogP contribution in [0.5, 0.6) is 0 Å². The molecule has 0 saturated heterocycles. The highest BCUT2D eigenvalue weighted by atomic mass is 35.5. The Kier molecular flexibility index (Phi) is 5.59. The number of hydrogen-bond acceptors (Lipinski definition) is 2. The Morgan fingerprint density at radius 1 is 1.31 bits per heavy atom. The molecule has 0 aliphatic carbocycles. The van der Waals surface area contributed by atoms with Crippen LogP contribution in [-0.2, 0) is 6.54 Å². The van der Waals surface area contributed by atoms with Gasteiger partial charge in [0.25, 0.3) is 5.91 Å². The molecule has 0 radical (unpaired) electrons. The molecule has 0 fully saturated rings. The number of nitrogens with one attached hydrogen (secondary N) is 1. The van der Waals surface area contributed by atoms with E-state index in [0.717, 1.165) is 5.56 Å². The second-order valence-electron chi connectivity index (χ2n) is 5.89. The summed E-state index contributed by atoms with van der Waals surface area (Å²) in [6.07, 6.45) is 5.26. The van der Waals surface area contributed by atoms with E-state index in [1.54, 1.807) is 31.6 Å². The van der Waals surface area contributed by atoms with Crippen LogP contribution < -0.4 is 5.32 Å². The fraction of sp³-hybridized carbons (Fsp3) is 0.158. The first kappa shape index (κ1) is 18.4. The van der Waals surface area contributed by atoms with Gasteiger partial charge in [-0.2, -0.15) is 0 Å². The average Bonchev–Trinajstić information content (AvgIpc) is 3.12. The van der Waals surface area contributed by atoms with Gasteiger partial charge in [0.2, 0.25) is 0 Å². The monoisotopic (exact) mass is 391 g/mol. The lowest BCUT2D eigenvalue weighted by Crippen LogP contribution is -2.27. The number of carbonyl (C=O) groups is 1. The van der Waals surface area contributed by atoms with E-state index >= 15 is 0 Å². The van der Waals surface area contributed by atoms with E-state index in [2.05, 4.69) is 10.3 Å². The first-order valence-corrected chi connectivity index (χ1v) is 8.70. The lowest BCUT2D eigenvalue weighted by molar-refractivity contribution is 0.0939. The van der Waals surface area contributed by atoms with Gasteiger partial charge in [-0.3, -0.25) is 4.79 Å². The number of rotatable bonds is 5. The van der Waals surface area contributed by atoms with Crippen molar-refractivity contribution < 1.29 is 9.18 Å². The van der Waals surface area contributed by atoms with Crippen molar-refractivity contribution in [2.75, 3.05) is 0 Å². The maximum Gasteiger partial charge on any atom is 0.251 e. The molecular formula is C19H16Cl2FN3O. The first-order chi connectivity index (χ1) is 12.5. The van der Waals surface area contributed by atoms with Gasteiger partial charge in [0.05, 0.1) is 17.4 Å². The molecule has 1 amide bonds. The second kappa shape index (κ2) is 7.89. The van der Waals surface area contributed by atoms with Gasteiger partial charge < -0.3 is 9.88 Å². The van der Waals surface area contributed by atoms with Crippen molar-refractivity contribution in [2.45, 2.75) is 19.5 Å². The predicted molar refractivity (Wildman–Crippen MR) is 100 cm³/mol. The smallest absolute Gasteiger partial charge is 0.251 e. The van der Waals surface area contributed by atoms with Crippen LogP contribution in [0.3, 0.4) is 0 Å².